The molecule has 4 rings (SSSR count). The van der Waals surface area contributed by atoms with E-state index >= 15 is 0 Å². The van der Waals surface area contributed by atoms with Crippen molar-refractivity contribution in [3.05, 3.63) is 58.3 Å². The summed E-state index contributed by atoms with van der Waals surface area (Å²) in [4.78, 5) is 4.76. The van der Waals surface area contributed by atoms with Crippen LogP contribution in [0.4, 0.5) is 0 Å². The molecule has 1 saturated heterocycles. The molecule has 0 bridgehead atoms. The molecule has 0 amide bonds. The molecule has 0 N–H and O–H groups in total. The standard InChI is InChI=1S/C19H21N3OS/c1-13-5-3-6-15(11-13)12-22-10-4-7-16(22)18-20-21-19(23-18)17-9-8-14(2)24-17/h3,5-6,8-9,11,16H,4,7,10,12H2,1-2H3/t16-/m0/s1. The number of benzene rings is 1. The van der Waals surface area contributed by atoms with Crippen LogP contribution in [0.2, 0.25) is 0 Å². The maximum absolute atomic E-state index is 6.01. The molecule has 124 valence electrons. The Morgan fingerprint density at radius 3 is 2.92 bits per heavy atom. The van der Waals surface area contributed by atoms with Crippen LogP contribution in [0.3, 0.4) is 0 Å². The third-order valence-corrected chi connectivity index (χ3v) is 5.50. The Bertz CT molecular complexity index is 839. The Hall–Kier alpha value is -1.98. The maximum atomic E-state index is 6.01. The number of hydrogen-bond donors (Lipinski definition) is 0. The third kappa shape index (κ3) is 3.14. The highest BCUT2D eigenvalue weighted by Gasteiger charge is 2.30. The van der Waals surface area contributed by atoms with Gasteiger partial charge in [-0.3, -0.25) is 4.90 Å². The van der Waals surface area contributed by atoms with Gasteiger partial charge in [-0.25, -0.2) is 0 Å². The molecule has 1 fully saturated rings. The predicted octanol–water partition coefficient (Wildman–Crippen LogP) is 4.75. The van der Waals surface area contributed by atoms with Gasteiger partial charge in [-0.1, -0.05) is 29.8 Å². The summed E-state index contributed by atoms with van der Waals surface area (Å²) < 4.78 is 6.01. The Labute approximate surface area is 146 Å². The van der Waals surface area contributed by atoms with E-state index < -0.39 is 0 Å². The molecule has 4 nitrogen and oxygen atoms in total. The Kier molecular flexibility index (Phi) is 4.21. The molecule has 5 heteroatoms. The van der Waals surface area contributed by atoms with Crippen molar-refractivity contribution in [3.63, 3.8) is 0 Å². The number of nitrogens with zero attached hydrogens (tertiary/aromatic N) is 3. The van der Waals surface area contributed by atoms with Crippen molar-refractivity contribution >= 4 is 11.3 Å². The molecule has 1 atom stereocenters. The van der Waals surface area contributed by atoms with Crippen LogP contribution in [0, 0.1) is 13.8 Å². The highest BCUT2D eigenvalue weighted by molar-refractivity contribution is 7.15. The van der Waals surface area contributed by atoms with Crippen LogP contribution in [0.5, 0.6) is 0 Å². The lowest BCUT2D eigenvalue weighted by Gasteiger charge is -2.21. The maximum Gasteiger partial charge on any atom is 0.257 e. The van der Waals surface area contributed by atoms with Crippen LogP contribution in [-0.2, 0) is 6.54 Å². The van der Waals surface area contributed by atoms with Crippen molar-refractivity contribution < 1.29 is 4.42 Å². The van der Waals surface area contributed by atoms with Gasteiger partial charge in [0.2, 0.25) is 5.89 Å². The van der Waals surface area contributed by atoms with Crippen molar-refractivity contribution in [2.24, 2.45) is 0 Å². The molecule has 0 spiro atoms. The fourth-order valence-electron chi connectivity index (χ4n) is 3.36. The summed E-state index contributed by atoms with van der Waals surface area (Å²) in [6, 6.07) is 13.1. The van der Waals surface area contributed by atoms with E-state index in [0.29, 0.717) is 5.89 Å². The van der Waals surface area contributed by atoms with E-state index in [1.54, 1.807) is 11.3 Å². The highest BCUT2D eigenvalue weighted by Crippen LogP contribution is 2.35. The van der Waals surface area contributed by atoms with Crippen LogP contribution >= 0.6 is 11.3 Å². The first-order valence-electron chi connectivity index (χ1n) is 8.39. The fourth-order valence-corrected chi connectivity index (χ4v) is 4.15. The number of hydrogen-bond acceptors (Lipinski definition) is 5. The van der Waals surface area contributed by atoms with Gasteiger partial charge in [0, 0.05) is 11.4 Å². The second-order valence-corrected chi connectivity index (χ2v) is 7.76. The van der Waals surface area contributed by atoms with Crippen molar-refractivity contribution in [2.45, 2.75) is 39.3 Å². The molecule has 3 heterocycles. The smallest absolute Gasteiger partial charge is 0.257 e. The van der Waals surface area contributed by atoms with Crippen LogP contribution in [0.25, 0.3) is 10.8 Å². The quantitative estimate of drug-likeness (QED) is 0.688. The highest BCUT2D eigenvalue weighted by atomic mass is 32.1. The molecule has 24 heavy (non-hydrogen) atoms. The zero-order valence-electron chi connectivity index (χ0n) is 14.0. The zero-order valence-corrected chi connectivity index (χ0v) is 14.8. The van der Waals surface area contributed by atoms with Gasteiger partial charge in [0.05, 0.1) is 10.9 Å². The summed E-state index contributed by atoms with van der Waals surface area (Å²) in [7, 11) is 0. The van der Waals surface area contributed by atoms with E-state index in [-0.39, 0.29) is 6.04 Å². The lowest BCUT2D eigenvalue weighted by Crippen LogP contribution is -2.23. The second kappa shape index (κ2) is 6.49. The van der Waals surface area contributed by atoms with Crippen LogP contribution in [0.15, 0.2) is 40.8 Å². The second-order valence-electron chi connectivity index (χ2n) is 6.47. The Balaban J connectivity index is 1.53. The van der Waals surface area contributed by atoms with Gasteiger partial charge in [-0.2, -0.15) is 0 Å². The molecule has 0 saturated carbocycles. The zero-order chi connectivity index (χ0) is 16.5. The number of rotatable bonds is 4. The summed E-state index contributed by atoms with van der Waals surface area (Å²) >= 11 is 1.69. The lowest BCUT2D eigenvalue weighted by molar-refractivity contribution is 0.215. The monoisotopic (exact) mass is 339 g/mol. The molecule has 1 aliphatic rings. The first kappa shape index (κ1) is 15.5. The SMILES string of the molecule is Cc1cccc(CN2CCC[C@H]2c2nnc(-c3ccc(C)s3)o2)c1. The normalized spacial score (nSPS) is 18.3. The van der Waals surface area contributed by atoms with Gasteiger partial charge < -0.3 is 4.42 Å². The van der Waals surface area contributed by atoms with Gasteiger partial charge in [-0.15, -0.1) is 21.5 Å². The third-order valence-electron chi connectivity index (χ3n) is 4.51. The van der Waals surface area contributed by atoms with Crippen molar-refractivity contribution in [1.82, 2.24) is 15.1 Å². The molecular formula is C19H21N3OS. The largest absolute Gasteiger partial charge is 0.418 e. The van der Waals surface area contributed by atoms with Gasteiger partial charge in [-0.05, 0) is 50.9 Å². The van der Waals surface area contributed by atoms with Crippen molar-refractivity contribution in [2.75, 3.05) is 6.54 Å². The minimum absolute atomic E-state index is 0.229. The Morgan fingerprint density at radius 2 is 2.12 bits per heavy atom. The van der Waals surface area contributed by atoms with Crippen LogP contribution in [0.1, 0.15) is 40.8 Å². The molecule has 1 aliphatic heterocycles. The molecule has 0 unspecified atom stereocenters. The molecule has 2 aromatic heterocycles. The van der Waals surface area contributed by atoms with Gasteiger partial charge >= 0.3 is 0 Å². The molecule has 0 radical (unpaired) electrons. The van der Waals surface area contributed by atoms with Crippen molar-refractivity contribution in [1.29, 1.82) is 0 Å². The average molecular weight is 339 g/mol. The van der Waals surface area contributed by atoms with Gasteiger partial charge in [0.1, 0.15) is 0 Å². The lowest BCUT2D eigenvalue weighted by atomic mass is 10.1. The van der Waals surface area contributed by atoms with Crippen LogP contribution in [-0.4, -0.2) is 21.6 Å². The van der Waals surface area contributed by atoms with E-state index in [0.717, 1.165) is 30.3 Å². The predicted molar refractivity (Wildman–Crippen MR) is 95.9 cm³/mol. The van der Waals surface area contributed by atoms with Crippen LogP contribution < -0.4 is 0 Å². The number of thiophene rings is 1. The van der Waals surface area contributed by atoms with Gasteiger partial charge in [0.15, 0.2) is 0 Å². The number of aryl methyl sites for hydroxylation is 2. The average Bonchev–Trinajstić information content (AvgIpc) is 3.27. The minimum Gasteiger partial charge on any atom is -0.418 e. The van der Waals surface area contributed by atoms with E-state index in [4.69, 9.17) is 4.42 Å². The summed E-state index contributed by atoms with van der Waals surface area (Å²) in [6.07, 6.45) is 2.25. The minimum atomic E-state index is 0.229. The summed E-state index contributed by atoms with van der Waals surface area (Å²) in [5.41, 5.74) is 2.65. The number of aromatic nitrogens is 2. The van der Waals surface area contributed by atoms with Gasteiger partial charge in [0.25, 0.3) is 5.89 Å². The van der Waals surface area contributed by atoms with E-state index in [1.807, 2.05) is 0 Å². The first-order valence-corrected chi connectivity index (χ1v) is 9.20. The summed E-state index contributed by atoms with van der Waals surface area (Å²) in [5, 5.41) is 8.61. The Morgan fingerprint density at radius 1 is 1.21 bits per heavy atom. The van der Waals surface area contributed by atoms with Crippen molar-refractivity contribution in [3.8, 4) is 10.8 Å². The fraction of sp³-hybridized carbons (Fsp3) is 0.368. The van der Waals surface area contributed by atoms with E-state index in [9.17, 15) is 0 Å². The van der Waals surface area contributed by atoms with E-state index in [2.05, 4.69) is 65.3 Å². The topological polar surface area (TPSA) is 42.2 Å². The van der Waals surface area contributed by atoms with E-state index in [1.165, 1.54) is 22.4 Å². The molecule has 0 aliphatic carbocycles. The first-order chi connectivity index (χ1) is 11.7. The molecular weight excluding hydrogens is 318 g/mol. The summed E-state index contributed by atoms with van der Waals surface area (Å²) in [6.45, 7) is 6.24. The number of likely N-dealkylation sites (tertiary alicyclic amines) is 1. The molecule has 3 aromatic rings. The molecule has 1 aromatic carbocycles. The summed E-state index contributed by atoms with van der Waals surface area (Å²) in [5.74, 6) is 1.40.